The number of fused-ring (bicyclic) bond motifs is 2. The summed E-state index contributed by atoms with van der Waals surface area (Å²) in [6.07, 6.45) is 6.52. The predicted octanol–water partition coefficient (Wildman–Crippen LogP) is 4.60. The van der Waals surface area contributed by atoms with Gasteiger partial charge in [-0.05, 0) is 56.3 Å². The van der Waals surface area contributed by atoms with E-state index in [0.717, 1.165) is 34.7 Å². The van der Waals surface area contributed by atoms with Crippen molar-refractivity contribution in [2.45, 2.75) is 63.7 Å². The fourth-order valence-corrected chi connectivity index (χ4v) is 4.61. The average Bonchev–Trinajstić information content (AvgIpc) is 2.79. The number of piperidine rings is 1. The number of benzene rings is 1. The van der Waals surface area contributed by atoms with Crippen molar-refractivity contribution in [1.29, 1.82) is 0 Å². The van der Waals surface area contributed by atoms with Gasteiger partial charge in [0.05, 0.1) is 0 Å². The average molecular weight is 372 g/mol. The lowest BCUT2D eigenvalue weighted by molar-refractivity contribution is 0.134. The zero-order chi connectivity index (χ0) is 14.8. The molecule has 2 saturated heterocycles. The third-order valence-corrected chi connectivity index (χ3v) is 5.71. The van der Waals surface area contributed by atoms with Crippen LogP contribution in [-0.4, -0.2) is 29.6 Å². The van der Waals surface area contributed by atoms with E-state index in [9.17, 15) is 0 Å². The van der Waals surface area contributed by atoms with Gasteiger partial charge in [-0.25, -0.2) is 0 Å². The van der Waals surface area contributed by atoms with E-state index in [4.69, 9.17) is 11.6 Å². The van der Waals surface area contributed by atoms with E-state index in [1.165, 1.54) is 37.7 Å². The van der Waals surface area contributed by atoms with Gasteiger partial charge in [-0.1, -0.05) is 40.5 Å². The monoisotopic (exact) mass is 370 g/mol. The van der Waals surface area contributed by atoms with Gasteiger partial charge in [0, 0.05) is 34.2 Å². The Kier molecular flexibility index (Phi) is 5.26. The second-order valence-corrected chi connectivity index (χ2v) is 7.79. The van der Waals surface area contributed by atoms with Crippen molar-refractivity contribution in [3.63, 3.8) is 0 Å². The summed E-state index contributed by atoms with van der Waals surface area (Å²) in [5.74, 6) is 0. The molecule has 0 saturated carbocycles. The van der Waals surface area contributed by atoms with Crippen LogP contribution < -0.4 is 5.32 Å². The number of nitrogens with zero attached hydrogens (tertiary/aromatic N) is 1. The highest BCUT2D eigenvalue weighted by molar-refractivity contribution is 9.10. The molecule has 4 heteroatoms. The van der Waals surface area contributed by atoms with Gasteiger partial charge in [0.15, 0.2) is 0 Å². The first-order valence-electron chi connectivity index (χ1n) is 8.09. The molecule has 0 aromatic heterocycles. The van der Waals surface area contributed by atoms with Gasteiger partial charge in [0.2, 0.25) is 0 Å². The van der Waals surface area contributed by atoms with Crippen LogP contribution >= 0.6 is 27.5 Å². The van der Waals surface area contributed by atoms with E-state index >= 15 is 0 Å². The molecule has 0 aliphatic carbocycles. The Labute approximate surface area is 141 Å². The molecule has 2 bridgehead atoms. The molecule has 2 aliphatic rings. The Bertz CT molecular complexity index is 482. The predicted molar refractivity (Wildman–Crippen MR) is 92.8 cm³/mol. The maximum Gasteiger partial charge on any atom is 0.0462 e. The van der Waals surface area contributed by atoms with Crippen LogP contribution in [0.2, 0.25) is 5.02 Å². The second kappa shape index (κ2) is 6.99. The second-order valence-electron chi connectivity index (χ2n) is 6.47. The summed E-state index contributed by atoms with van der Waals surface area (Å²) in [6.45, 7) is 4.41. The Morgan fingerprint density at radius 2 is 2.00 bits per heavy atom. The van der Waals surface area contributed by atoms with Crippen molar-refractivity contribution in [3.05, 3.63) is 33.3 Å². The number of hydrogen-bond acceptors (Lipinski definition) is 2. The smallest absolute Gasteiger partial charge is 0.0462 e. The summed E-state index contributed by atoms with van der Waals surface area (Å²) in [5.41, 5.74) is 1.25. The molecular formula is C17H24BrClN2. The molecular weight excluding hydrogens is 348 g/mol. The van der Waals surface area contributed by atoms with Gasteiger partial charge in [-0.15, -0.1) is 0 Å². The molecule has 2 aliphatic heterocycles. The largest absolute Gasteiger partial charge is 0.311 e. The first kappa shape index (κ1) is 15.8. The van der Waals surface area contributed by atoms with Crippen molar-refractivity contribution in [2.24, 2.45) is 0 Å². The minimum absolute atomic E-state index is 0.711. The molecule has 3 rings (SSSR count). The zero-order valence-electron chi connectivity index (χ0n) is 12.6. The van der Waals surface area contributed by atoms with Gasteiger partial charge < -0.3 is 5.32 Å². The molecule has 1 aromatic carbocycles. The summed E-state index contributed by atoms with van der Waals surface area (Å²) >= 11 is 9.90. The lowest BCUT2D eigenvalue weighted by atomic mass is 9.97. The van der Waals surface area contributed by atoms with Gasteiger partial charge in [-0.2, -0.15) is 0 Å². The highest BCUT2D eigenvalue weighted by Gasteiger charge is 2.35. The summed E-state index contributed by atoms with van der Waals surface area (Å²) in [7, 11) is 0. The topological polar surface area (TPSA) is 15.3 Å². The van der Waals surface area contributed by atoms with Crippen LogP contribution in [0.1, 0.15) is 44.6 Å². The van der Waals surface area contributed by atoms with Crippen molar-refractivity contribution >= 4 is 27.5 Å². The number of rotatable bonds is 5. The summed E-state index contributed by atoms with van der Waals surface area (Å²) in [6, 6.07) is 8.46. The maximum atomic E-state index is 6.41. The zero-order valence-corrected chi connectivity index (χ0v) is 15.0. The van der Waals surface area contributed by atoms with Crippen LogP contribution in [0.4, 0.5) is 0 Å². The molecule has 1 aromatic rings. The molecule has 2 unspecified atom stereocenters. The number of nitrogens with one attached hydrogen (secondary N) is 1. The maximum absolute atomic E-state index is 6.41. The van der Waals surface area contributed by atoms with Crippen LogP contribution in [-0.2, 0) is 6.54 Å². The number of hydrogen-bond donors (Lipinski definition) is 1. The van der Waals surface area contributed by atoms with Crippen LogP contribution in [0.5, 0.6) is 0 Å². The summed E-state index contributed by atoms with van der Waals surface area (Å²) < 4.78 is 1.05. The summed E-state index contributed by atoms with van der Waals surface area (Å²) in [5, 5.41) is 4.62. The van der Waals surface area contributed by atoms with Crippen molar-refractivity contribution in [2.75, 3.05) is 6.54 Å². The van der Waals surface area contributed by atoms with E-state index in [1.807, 2.05) is 6.07 Å². The third-order valence-electron chi connectivity index (χ3n) is 4.86. The number of halogens is 2. The molecule has 2 atom stereocenters. The van der Waals surface area contributed by atoms with E-state index in [0.29, 0.717) is 6.04 Å². The molecule has 1 N–H and O–H groups in total. The third kappa shape index (κ3) is 3.82. The Morgan fingerprint density at radius 1 is 1.29 bits per heavy atom. The molecule has 2 fully saturated rings. The molecule has 21 heavy (non-hydrogen) atoms. The van der Waals surface area contributed by atoms with Crippen LogP contribution in [0.3, 0.4) is 0 Å². The Hall–Kier alpha value is -0.0900. The lowest BCUT2D eigenvalue weighted by Gasteiger charge is -2.38. The van der Waals surface area contributed by atoms with E-state index in [-0.39, 0.29) is 0 Å². The van der Waals surface area contributed by atoms with Crippen LogP contribution in [0.15, 0.2) is 22.7 Å². The fraction of sp³-hybridized carbons (Fsp3) is 0.647. The summed E-state index contributed by atoms with van der Waals surface area (Å²) in [4.78, 5) is 2.65. The van der Waals surface area contributed by atoms with Gasteiger partial charge >= 0.3 is 0 Å². The minimum atomic E-state index is 0.711. The van der Waals surface area contributed by atoms with Crippen molar-refractivity contribution in [1.82, 2.24) is 10.2 Å². The Morgan fingerprint density at radius 3 is 2.62 bits per heavy atom. The normalized spacial score (nSPS) is 28.3. The van der Waals surface area contributed by atoms with Crippen LogP contribution in [0, 0.1) is 0 Å². The van der Waals surface area contributed by atoms with E-state index in [2.05, 4.69) is 45.2 Å². The first-order chi connectivity index (χ1) is 10.2. The van der Waals surface area contributed by atoms with Crippen molar-refractivity contribution in [3.8, 4) is 0 Å². The molecule has 0 amide bonds. The van der Waals surface area contributed by atoms with Gasteiger partial charge in [0.25, 0.3) is 0 Å². The first-order valence-corrected chi connectivity index (χ1v) is 9.27. The van der Waals surface area contributed by atoms with Crippen molar-refractivity contribution < 1.29 is 0 Å². The highest BCUT2D eigenvalue weighted by Crippen LogP contribution is 2.31. The quantitative estimate of drug-likeness (QED) is 0.814. The fourth-order valence-electron chi connectivity index (χ4n) is 3.87. The van der Waals surface area contributed by atoms with E-state index < -0.39 is 0 Å². The van der Waals surface area contributed by atoms with E-state index in [1.54, 1.807) is 0 Å². The Balaban J connectivity index is 1.72. The van der Waals surface area contributed by atoms with Gasteiger partial charge in [0.1, 0.15) is 0 Å². The SMILES string of the molecule is CCCN(Cc1ccc(Br)cc1Cl)C1CC2CCC(C1)N2. The molecule has 0 spiro atoms. The molecule has 2 heterocycles. The van der Waals surface area contributed by atoms with Gasteiger partial charge in [-0.3, -0.25) is 4.90 Å². The van der Waals surface area contributed by atoms with Crippen LogP contribution in [0.25, 0.3) is 0 Å². The minimum Gasteiger partial charge on any atom is -0.311 e. The molecule has 0 radical (unpaired) electrons. The molecule has 116 valence electrons. The standard InChI is InChI=1S/C17H24BrClN2/c1-2-7-21(11-12-3-4-13(18)8-17(12)19)16-9-14-5-6-15(10-16)20-14/h3-4,8,14-16,20H,2,5-7,9-11H2,1H3. The molecule has 2 nitrogen and oxygen atoms in total. The lowest BCUT2D eigenvalue weighted by Crippen LogP contribution is -2.48. The highest BCUT2D eigenvalue weighted by atomic mass is 79.9.